The highest BCUT2D eigenvalue weighted by Gasteiger charge is 2.31. The Kier molecular flexibility index (Phi) is 2.86. The molecular weight excluding hydrogens is 193 g/mol. The first kappa shape index (κ1) is 10.4. The van der Waals surface area contributed by atoms with Gasteiger partial charge in [0.2, 0.25) is 0 Å². The van der Waals surface area contributed by atoms with Gasteiger partial charge in [0.05, 0.1) is 0 Å². The van der Waals surface area contributed by atoms with Crippen LogP contribution in [-0.2, 0) is 0 Å². The molecule has 1 aliphatic rings. The minimum atomic E-state index is -0.259. The normalized spacial score (nSPS) is 17.5. The van der Waals surface area contributed by atoms with Crippen molar-refractivity contribution in [3.8, 4) is 0 Å². The second-order valence-corrected chi connectivity index (χ2v) is 4.17. The van der Waals surface area contributed by atoms with Gasteiger partial charge in [0.25, 0.3) is 0 Å². The Morgan fingerprint density at radius 2 is 2.40 bits per heavy atom. The second kappa shape index (κ2) is 4.14. The summed E-state index contributed by atoms with van der Waals surface area (Å²) < 4.78 is 13.5. The van der Waals surface area contributed by atoms with E-state index in [9.17, 15) is 4.39 Å². The predicted octanol–water partition coefficient (Wildman–Crippen LogP) is 1.54. The highest BCUT2D eigenvalue weighted by atomic mass is 19.1. The highest BCUT2D eigenvalue weighted by molar-refractivity contribution is 5.42. The van der Waals surface area contributed by atoms with E-state index in [-0.39, 0.29) is 11.9 Å². The molecule has 2 N–H and O–H groups in total. The molecule has 0 radical (unpaired) electrons. The van der Waals surface area contributed by atoms with Crippen molar-refractivity contribution in [2.45, 2.75) is 31.8 Å². The molecule has 1 aromatic rings. The molecule has 0 spiro atoms. The Morgan fingerprint density at radius 3 is 2.93 bits per heavy atom. The zero-order valence-electron chi connectivity index (χ0n) is 8.86. The van der Waals surface area contributed by atoms with E-state index >= 15 is 0 Å². The minimum absolute atomic E-state index is 0.0343. The SMILES string of the molecule is CC(N)CN(c1ncccc1F)C1CC1. The van der Waals surface area contributed by atoms with Crippen molar-refractivity contribution in [1.29, 1.82) is 0 Å². The molecule has 1 aliphatic carbocycles. The molecule has 0 saturated heterocycles. The van der Waals surface area contributed by atoms with Gasteiger partial charge in [-0.25, -0.2) is 9.37 Å². The molecule has 0 aromatic carbocycles. The number of nitrogens with two attached hydrogens (primary N) is 1. The molecule has 1 fully saturated rings. The molecule has 0 amide bonds. The second-order valence-electron chi connectivity index (χ2n) is 4.17. The third-order valence-corrected chi connectivity index (χ3v) is 2.48. The maximum absolute atomic E-state index is 13.5. The van der Waals surface area contributed by atoms with Gasteiger partial charge in [-0.2, -0.15) is 0 Å². The summed E-state index contributed by atoms with van der Waals surface area (Å²) in [7, 11) is 0. The van der Waals surface area contributed by atoms with Gasteiger partial charge in [-0.15, -0.1) is 0 Å². The first-order valence-corrected chi connectivity index (χ1v) is 5.31. The summed E-state index contributed by atoms with van der Waals surface area (Å²) in [6.07, 6.45) is 3.85. The predicted molar refractivity (Wildman–Crippen MR) is 58.2 cm³/mol. The van der Waals surface area contributed by atoms with Crippen molar-refractivity contribution in [3.63, 3.8) is 0 Å². The number of hydrogen-bond donors (Lipinski definition) is 1. The van der Waals surface area contributed by atoms with Crippen LogP contribution in [0, 0.1) is 5.82 Å². The largest absolute Gasteiger partial charge is 0.350 e. The molecule has 0 bridgehead atoms. The number of rotatable bonds is 4. The van der Waals surface area contributed by atoms with E-state index in [1.807, 2.05) is 11.8 Å². The highest BCUT2D eigenvalue weighted by Crippen LogP contribution is 2.31. The Morgan fingerprint density at radius 1 is 1.67 bits per heavy atom. The molecule has 1 heterocycles. The molecule has 2 rings (SSSR count). The molecule has 4 heteroatoms. The van der Waals surface area contributed by atoms with E-state index in [4.69, 9.17) is 5.73 Å². The van der Waals surface area contributed by atoms with Crippen LogP contribution < -0.4 is 10.6 Å². The van der Waals surface area contributed by atoms with Gasteiger partial charge in [0.15, 0.2) is 11.6 Å². The van der Waals surface area contributed by atoms with Gasteiger partial charge in [0.1, 0.15) is 0 Å². The van der Waals surface area contributed by atoms with Gasteiger partial charge in [-0.05, 0) is 31.9 Å². The van der Waals surface area contributed by atoms with Crippen LogP contribution in [0.25, 0.3) is 0 Å². The first-order chi connectivity index (χ1) is 7.18. The third-order valence-electron chi connectivity index (χ3n) is 2.48. The number of hydrogen-bond acceptors (Lipinski definition) is 3. The summed E-state index contributed by atoms with van der Waals surface area (Å²) >= 11 is 0. The van der Waals surface area contributed by atoms with Gasteiger partial charge in [-0.1, -0.05) is 0 Å². The van der Waals surface area contributed by atoms with Crippen molar-refractivity contribution in [1.82, 2.24) is 4.98 Å². The molecule has 1 saturated carbocycles. The van der Waals surface area contributed by atoms with E-state index < -0.39 is 0 Å². The topological polar surface area (TPSA) is 42.1 Å². The van der Waals surface area contributed by atoms with Crippen LogP contribution in [0.2, 0.25) is 0 Å². The van der Waals surface area contributed by atoms with Gasteiger partial charge in [0, 0.05) is 24.8 Å². The molecule has 0 aliphatic heterocycles. The summed E-state index contributed by atoms with van der Waals surface area (Å²) in [5, 5.41) is 0. The maximum atomic E-state index is 13.5. The lowest BCUT2D eigenvalue weighted by Gasteiger charge is -2.25. The number of anilines is 1. The lowest BCUT2D eigenvalue weighted by molar-refractivity contribution is 0.594. The maximum Gasteiger partial charge on any atom is 0.165 e. The molecule has 3 nitrogen and oxygen atoms in total. The molecule has 1 aromatic heterocycles. The zero-order valence-corrected chi connectivity index (χ0v) is 8.86. The third kappa shape index (κ3) is 2.45. The Hall–Kier alpha value is -1.16. The fraction of sp³-hybridized carbons (Fsp3) is 0.545. The molecular formula is C11H16FN3. The van der Waals surface area contributed by atoms with E-state index in [1.165, 1.54) is 6.07 Å². The number of halogens is 1. The molecule has 1 unspecified atom stereocenters. The van der Waals surface area contributed by atoms with Crippen LogP contribution in [0.4, 0.5) is 10.2 Å². The zero-order chi connectivity index (χ0) is 10.8. The Labute approximate surface area is 89.1 Å². The molecule has 1 atom stereocenters. The average Bonchev–Trinajstić information content (AvgIpc) is 2.98. The molecule has 82 valence electrons. The van der Waals surface area contributed by atoms with Gasteiger partial charge < -0.3 is 10.6 Å². The number of nitrogens with zero attached hydrogens (tertiary/aromatic N) is 2. The van der Waals surface area contributed by atoms with Crippen LogP contribution in [0.15, 0.2) is 18.3 Å². The van der Waals surface area contributed by atoms with Crippen LogP contribution in [0.3, 0.4) is 0 Å². The van der Waals surface area contributed by atoms with E-state index in [1.54, 1.807) is 12.3 Å². The standard InChI is InChI=1S/C11H16FN3/c1-8(13)7-15(9-4-5-9)11-10(12)3-2-6-14-11/h2-3,6,8-9H,4-5,7,13H2,1H3. The smallest absolute Gasteiger partial charge is 0.165 e. The monoisotopic (exact) mass is 209 g/mol. The van der Waals surface area contributed by atoms with Crippen LogP contribution in [-0.4, -0.2) is 23.6 Å². The number of pyridine rings is 1. The van der Waals surface area contributed by atoms with E-state index in [2.05, 4.69) is 4.98 Å². The van der Waals surface area contributed by atoms with Crippen molar-refractivity contribution in [2.24, 2.45) is 5.73 Å². The number of aromatic nitrogens is 1. The summed E-state index contributed by atoms with van der Waals surface area (Å²) in [5.74, 6) is 0.183. The van der Waals surface area contributed by atoms with Crippen LogP contribution in [0.5, 0.6) is 0 Å². The lowest BCUT2D eigenvalue weighted by atomic mass is 10.3. The Balaban J connectivity index is 2.20. The van der Waals surface area contributed by atoms with Crippen LogP contribution >= 0.6 is 0 Å². The summed E-state index contributed by atoms with van der Waals surface area (Å²) in [6.45, 7) is 2.59. The van der Waals surface area contributed by atoms with Crippen molar-refractivity contribution in [3.05, 3.63) is 24.1 Å². The lowest BCUT2D eigenvalue weighted by Crippen LogP contribution is -2.38. The summed E-state index contributed by atoms with van der Waals surface area (Å²) in [4.78, 5) is 6.07. The van der Waals surface area contributed by atoms with Gasteiger partial charge in [-0.3, -0.25) is 0 Å². The quantitative estimate of drug-likeness (QED) is 0.817. The van der Waals surface area contributed by atoms with Gasteiger partial charge >= 0.3 is 0 Å². The van der Waals surface area contributed by atoms with E-state index in [0.717, 1.165) is 12.8 Å². The minimum Gasteiger partial charge on any atom is -0.350 e. The summed E-state index contributed by atoms with van der Waals surface area (Å²) in [5.41, 5.74) is 5.75. The first-order valence-electron chi connectivity index (χ1n) is 5.31. The van der Waals surface area contributed by atoms with Crippen molar-refractivity contribution < 1.29 is 4.39 Å². The Bertz CT molecular complexity index is 336. The van der Waals surface area contributed by atoms with E-state index in [0.29, 0.717) is 18.4 Å². The van der Waals surface area contributed by atoms with Crippen molar-refractivity contribution in [2.75, 3.05) is 11.4 Å². The summed E-state index contributed by atoms with van der Waals surface area (Å²) in [6, 6.07) is 3.52. The van der Waals surface area contributed by atoms with Crippen molar-refractivity contribution >= 4 is 5.82 Å². The van der Waals surface area contributed by atoms with Crippen LogP contribution in [0.1, 0.15) is 19.8 Å². The average molecular weight is 209 g/mol. The fourth-order valence-corrected chi connectivity index (χ4v) is 1.69. The fourth-order valence-electron chi connectivity index (χ4n) is 1.69. The molecule has 15 heavy (non-hydrogen) atoms.